The van der Waals surface area contributed by atoms with Crippen LogP contribution in [0.15, 0.2) is 64.4 Å². The number of anilines is 1. The molecule has 0 unspecified atom stereocenters. The molecule has 0 aliphatic carbocycles. The minimum Gasteiger partial charge on any atom is -0.507 e. The molecule has 136 valence electrons. The molecule has 7 nitrogen and oxygen atoms in total. The number of sulfonamides is 1. The molecule has 0 radical (unpaired) electrons. The smallest absolute Gasteiger partial charge is 0.294 e. The summed E-state index contributed by atoms with van der Waals surface area (Å²) in [5.41, 5.74) is 0.717. The van der Waals surface area contributed by atoms with E-state index in [1.165, 1.54) is 30.3 Å². The van der Waals surface area contributed by atoms with Gasteiger partial charge in [0.15, 0.2) is 0 Å². The summed E-state index contributed by atoms with van der Waals surface area (Å²) in [5.74, 6) is -0.231. The molecule has 3 aromatic rings. The Morgan fingerprint density at radius 3 is 2.15 bits per heavy atom. The van der Waals surface area contributed by atoms with E-state index in [4.69, 9.17) is 0 Å². The molecule has 9 heteroatoms. The zero-order valence-corrected chi connectivity index (χ0v) is 15.2. The summed E-state index contributed by atoms with van der Waals surface area (Å²) < 4.78 is 59.9. The van der Waals surface area contributed by atoms with Crippen LogP contribution in [0.1, 0.15) is 5.56 Å². The normalized spacial score (nSPS) is 12.2. The third-order valence-corrected chi connectivity index (χ3v) is 6.01. The maximum Gasteiger partial charge on any atom is 0.294 e. The standard InChI is InChI=1S/C17H15NO6S2/c1-11-5-7-13(8-6-11)25(20,21)18-15-10-14(26(22,23)24)9-12-3-2-4-16(19)17(12)15/h2-10,18-19H,1H3,(H,22,23,24). The molecule has 0 saturated heterocycles. The molecule has 0 fully saturated rings. The fourth-order valence-electron chi connectivity index (χ4n) is 2.53. The summed E-state index contributed by atoms with van der Waals surface area (Å²) in [7, 11) is -8.61. The van der Waals surface area contributed by atoms with Crippen molar-refractivity contribution >= 4 is 36.6 Å². The molecule has 3 rings (SSSR count). The lowest BCUT2D eigenvalue weighted by Gasteiger charge is -2.13. The monoisotopic (exact) mass is 393 g/mol. The third-order valence-electron chi connectivity index (χ3n) is 3.80. The van der Waals surface area contributed by atoms with E-state index in [9.17, 15) is 26.5 Å². The number of phenolic OH excluding ortho intramolecular Hbond substituents is 1. The van der Waals surface area contributed by atoms with E-state index in [0.29, 0.717) is 0 Å². The molecule has 0 atom stereocenters. The molecule has 0 bridgehead atoms. The van der Waals surface area contributed by atoms with Crippen LogP contribution in [0.4, 0.5) is 5.69 Å². The summed E-state index contributed by atoms with van der Waals surface area (Å²) in [6.45, 7) is 1.81. The number of phenols is 1. The molecule has 0 aliphatic rings. The highest BCUT2D eigenvalue weighted by Gasteiger charge is 2.20. The van der Waals surface area contributed by atoms with Gasteiger partial charge in [-0.05, 0) is 42.6 Å². The Hall–Kier alpha value is -2.62. The summed E-state index contributed by atoms with van der Waals surface area (Å²) in [4.78, 5) is -0.513. The van der Waals surface area contributed by atoms with Crippen molar-refractivity contribution in [1.82, 2.24) is 0 Å². The Kier molecular flexibility index (Phi) is 4.39. The number of aromatic hydroxyl groups is 1. The van der Waals surface area contributed by atoms with Gasteiger partial charge in [-0.2, -0.15) is 8.42 Å². The zero-order valence-electron chi connectivity index (χ0n) is 13.5. The maximum absolute atomic E-state index is 12.6. The van der Waals surface area contributed by atoms with Gasteiger partial charge in [0, 0.05) is 5.39 Å². The molecule has 0 saturated carbocycles. The molecule has 3 N–H and O–H groups in total. The number of hydrogen-bond acceptors (Lipinski definition) is 5. The lowest BCUT2D eigenvalue weighted by Crippen LogP contribution is -2.14. The van der Waals surface area contributed by atoms with Gasteiger partial charge in [-0.15, -0.1) is 0 Å². The SMILES string of the molecule is Cc1ccc(S(=O)(=O)Nc2cc(S(=O)(=O)O)cc3cccc(O)c23)cc1. The molecule has 26 heavy (non-hydrogen) atoms. The number of benzene rings is 3. The van der Waals surface area contributed by atoms with Gasteiger partial charge in [-0.1, -0.05) is 29.8 Å². The minimum absolute atomic E-state index is 0.0241. The molecular formula is C17H15NO6S2. The number of rotatable bonds is 4. The van der Waals surface area contributed by atoms with Crippen molar-refractivity contribution in [2.24, 2.45) is 0 Å². The summed E-state index contributed by atoms with van der Waals surface area (Å²) in [6.07, 6.45) is 0. The molecule has 0 aliphatic heterocycles. The van der Waals surface area contributed by atoms with Crippen molar-refractivity contribution in [3.05, 3.63) is 60.2 Å². The van der Waals surface area contributed by atoms with Crippen molar-refractivity contribution in [1.29, 1.82) is 0 Å². The van der Waals surface area contributed by atoms with Crippen LogP contribution in [-0.2, 0) is 20.1 Å². The first kappa shape index (κ1) is 18.2. The number of aryl methyl sites for hydroxylation is 1. The predicted molar refractivity (Wildman–Crippen MR) is 97.4 cm³/mol. The Morgan fingerprint density at radius 1 is 0.885 bits per heavy atom. The second-order valence-electron chi connectivity index (χ2n) is 5.74. The number of hydrogen-bond donors (Lipinski definition) is 3. The first-order valence-electron chi connectivity index (χ1n) is 7.41. The Morgan fingerprint density at radius 2 is 1.54 bits per heavy atom. The molecule has 0 aromatic heterocycles. The summed E-state index contributed by atoms with van der Waals surface area (Å²) in [5, 5.41) is 10.5. The summed E-state index contributed by atoms with van der Waals surface area (Å²) in [6, 6.07) is 12.5. The van der Waals surface area contributed by atoms with Crippen LogP contribution in [-0.4, -0.2) is 26.5 Å². The second-order valence-corrected chi connectivity index (χ2v) is 8.84. The van der Waals surface area contributed by atoms with Gasteiger partial charge in [0.25, 0.3) is 20.1 Å². The minimum atomic E-state index is -4.57. The highest BCUT2D eigenvalue weighted by atomic mass is 32.2. The van der Waals surface area contributed by atoms with E-state index in [-0.39, 0.29) is 27.1 Å². The first-order chi connectivity index (χ1) is 12.1. The molecule has 0 amide bonds. The van der Waals surface area contributed by atoms with Gasteiger partial charge in [-0.3, -0.25) is 9.27 Å². The van der Waals surface area contributed by atoms with E-state index in [0.717, 1.165) is 17.7 Å². The van der Waals surface area contributed by atoms with Gasteiger partial charge in [-0.25, -0.2) is 8.42 Å². The second kappa shape index (κ2) is 6.27. The quantitative estimate of drug-likeness (QED) is 0.586. The number of fused-ring (bicyclic) bond motifs is 1. The lowest BCUT2D eigenvalue weighted by atomic mass is 10.1. The molecule has 0 spiro atoms. The van der Waals surface area contributed by atoms with E-state index in [1.807, 2.05) is 6.92 Å². The molecule has 0 heterocycles. The average Bonchev–Trinajstić information content (AvgIpc) is 2.54. The molecule has 3 aromatic carbocycles. The van der Waals surface area contributed by atoms with E-state index in [2.05, 4.69) is 4.72 Å². The maximum atomic E-state index is 12.6. The lowest BCUT2D eigenvalue weighted by molar-refractivity contribution is 0.480. The van der Waals surface area contributed by atoms with Gasteiger partial charge < -0.3 is 5.11 Å². The van der Waals surface area contributed by atoms with E-state index < -0.39 is 25.0 Å². The van der Waals surface area contributed by atoms with Crippen LogP contribution in [0.3, 0.4) is 0 Å². The van der Waals surface area contributed by atoms with Crippen molar-refractivity contribution < 1.29 is 26.5 Å². The number of nitrogens with one attached hydrogen (secondary N) is 1. The van der Waals surface area contributed by atoms with Gasteiger partial charge in [0.2, 0.25) is 0 Å². The van der Waals surface area contributed by atoms with Gasteiger partial charge >= 0.3 is 0 Å². The third kappa shape index (κ3) is 3.50. The van der Waals surface area contributed by atoms with Crippen molar-refractivity contribution in [2.75, 3.05) is 4.72 Å². The average molecular weight is 393 g/mol. The first-order valence-corrected chi connectivity index (χ1v) is 10.3. The van der Waals surface area contributed by atoms with Crippen LogP contribution in [0.5, 0.6) is 5.75 Å². The Bertz CT molecular complexity index is 1200. The van der Waals surface area contributed by atoms with Gasteiger partial charge in [0.1, 0.15) is 5.75 Å². The van der Waals surface area contributed by atoms with E-state index >= 15 is 0 Å². The van der Waals surface area contributed by atoms with Crippen LogP contribution >= 0.6 is 0 Å². The highest BCUT2D eigenvalue weighted by molar-refractivity contribution is 7.92. The fraction of sp³-hybridized carbons (Fsp3) is 0.0588. The van der Waals surface area contributed by atoms with Crippen LogP contribution in [0, 0.1) is 6.92 Å². The predicted octanol–water partition coefficient (Wildman–Crippen LogP) is 2.90. The van der Waals surface area contributed by atoms with Crippen LogP contribution in [0.25, 0.3) is 10.8 Å². The van der Waals surface area contributed by atoms with E-state index in [1.54, 1.807) is 12.1 Å². The fourth-order valence-corrected chi connectivity index (χ4v) is 4.14. The molecular weight excluding hydrogens is 378 g/mol. The van der Waals surface area contributed by atoms with Gasteiger partial charge in [0.05, 0.1) is 15.5 Å². The van der Waals surface area contributed by atoms with Crippen molar-refractivity contribution in [3.63, 3.8) is 0 Å². The summed E-state index contributed by atoms with van der Waals surface area (Å²) >= 11 is 0. The Balaban J connectivity index is 2.22. The Labute approximate surface area is 150 Å². The largest absolute Gasteiger partial charge is 0.507 e. The van der Waals surface area contributed by atoms with Crippen LogP contribution in [0.2, 0.25) is 0 Å². The zero-order chi connectivity index (χ0) is 19.1. The highest BCUT2D eigenvalue weighted by Crippen LogP contribution is 2.35. The van der Waals surface area contributed by atoms with Crippen LogP contribution < -0.4 is 4.72 Å². The van der Waals surface area contributed by atoms with Crippen molar-refractivity contribution in [3.8, 4) is 5.75 Å². The topological polar surface area (TPSA) is 121 Å². The van der Waals surface area contributed by atoms with Crippen molar-refractivity contribution in [2.45, 2.75) is 16.7 Å².